The van der Waals surface area contributed by atoms with E-state index in [4.69, 9.17) is 18.0 Å². The summed E-state index contributed by atoms with van der Waals surface area (Å²) < 4.78 is 0. The highest BCUT2D eigenvalue weighted by Gasteiger charge is 2.18. The van der Waals surface area contributed by atoms with Gasteiger partial charge in [-0.15, -0.1) is 0 Å². The lowest BCUT2D eigenvalue weighted by Crippen LogP contribution is -2.26. The highest BCUT2D eigenvalue weighted by molar-refractivity contribution is 7.80. The lowest BCUT2D eigenvalue weighted by atomic mass is 10.0. The number of nitrogens with zero attached hydrogens (tertiary/aromatic N) is 1. The van der Waals surface area contributed by atoms with Crippen LogP contribution in [0.5, 0.6) is 0 Å². The highest BCUT2D eigenvalue weighted by Crippen LogP contribution is 2.29. The Bertz CT molecular complexity index is 478. The predicted molar refractivity (Wildman–Crippen MR) is 86.9 cm³/mol. The Morgan fingerprint density at radius 1 is 1.30 bits per heavy atom. The van der Waals surface area contributed by atoms with E-state index in [1.807, 2.05) is 31.3 Å². The molecular formula is C16H22N2OS. The normalized spacial score (nSPS) is 15.2. The van der Waals surface area contributed by atoms with Crippen LogP contribution in [0, 0.1) is 5.92 Å². The van der Waals surface area contributed by atoms with Crippen LogP contribution in [0.2, 0.25) is 0 Å². The van der Waals surface area contributed by atoms with E-state index in [9.17, 15) is 4.79 Å². The van der Waals surface area contributed by atoms with Crippen molar-refractivity contribution in [3.05, 3.63) is 29.8 Å². The second-order valence-corrected chi connectivity index (χ2v) is 5.99. The van der Waals surface area contributed by atoms with Gasteiger partial charge in [0, 0.05) is 24.7 Å². The fourth-order valence-electron chi connectivity index (χ4n) is 2.79. The molecule has 4 heteroatoms. The van der Waals surface area contributed by atoms with Gasteiger partial charge < -0.3 is 10.6 Å². The Labute approximate surface area is 126 Å². The molecule has 2 N–H and O–H groups in total. The molecule has 1 aromatic carbocycles. The van der Waals surface area contributed by atoms with Gasteiger partial charge in [0.2, 0.25) is 5.91 Å². The van der Waals surface area contributed by atoms with Crippen LogP contribution in [0.15, 0.2) is 24.3 Å². The van der Waals surface area contributed by atoms with E-state index in [0.29, 0.717) is 11.4 Å². The number of rotatable bonds is 5. The molecule has 1 fully saturated rings. The van der Waals surface area contributed by atoms with E-state index in [-0.39, 0.29) is 5.91 Å². The number of amides is 1. The van der Waals surface area contributed by atoms with E-state index >= 15 is 0 Å². The SMILES string of the molecule is CN(C(=O)CCC1CCCC1)c1ccc(C(N)=S)cc1. The van der Waals surface area contributed by atoms with Gasteiger partial charge in [0.05, 0.1) is 0 Å². The van der Waals surface area contributed by atoms with Gasteiger partial charge in [0.1, 0.15) is 4.99 Å². The van der Waals surface area contributed by atoms with Gasteiger partial charge in [-0.1, -0.05) is 37.9 Å². The van der Waals surface area contributed by atoms with E-state index in [2.05, 4.69) is 0 Å². The molecule has 1 amide bonds. The maximum absolute atomic E-state index is 12.2. The summed E-state index contributed by atoms with van der Waals surface area (Å²) >= 11 is 4.92. The number of anilines is 1. The first-order chi connectivity index (χ1) is 9.58. The first kappa shape index (κ1) is 15.0. The van der Waals surface area contributed by atoms with Crippen LogP contribution in [0.3, 0.4) is 0 Å². The average molecular weight is 290 g/mol. The number of carbonyl (C=O) groups excluding carboxylic acids is 1. The van der Waals surface area contributed by atoms with Gasteiger partial charge in [0.15, 0.2) is 0 Å². The standard InChI is InChI=1S/C16H22N2OS/c1-18(14-9-7-13(8-10-14)16(17)20)15(19)11-6-12-4-2-3-5-12/h7-10,12H,2-6,11H2,1H3,(H2,17,20). The summed E-state index contributed by atoms with van der Waals surface area (Å²) in [6.07, 6.45) is 6.90. The van der Waals surface area contributed by atoms with Crippen molar-refractivity contribution in [3.63, 3.8) is 0 Å². The monoisotopic (exact) mass is 290 g/mol. The molecule has 1 aromatic rings. The summed E-state index contributed by atoms with van der Waals surface area (Å²) in [6, 6.07) is 7.50. The van der Waals surface area contributed by atoms with Crippen molar-refractivity contribution in [2.24, 2.45) is 11.7 Å². The molecule has 0 radical (unpaired) electrons. The van der Waals surface area contributed by atoms with Gasteiger partial charge >= 0.3 is 0 Å². The van der Waals surface area contributed by atoms with Gasteiger partial charge in [-0.2, -0.15) is 0 Å². The van der Waals surface area contributed by atoms with Crippen molar-refractivity contribution in [2.75, 3.05) is 11.9 Å². The van der Waals surface area contributed by atoms with Crippen molar-refractivity contribution in [3.8, 4) is 0 Å². The van der Waals surface area contributed by atoms with Crippen molar-refractivity contribution in [2.45, 2.75) is 38.5 Å². The fraction of sp³-hybridized carbons (Fsp3) is 0.500. The second-order valence-electron chi connectivity index (χ2n) is 5.55. The minimum atomic E-state index is 0.181. The number of nitrogens with two attached hydrogens (primary N) is 1. The number of thiocarbonyl (C=S) groups is 1. The molecular weight excluding hydrogens is 268 g/mol. The van der Waals surface area contributed by atoms with Gasteiger partial charge in [-0.3, -0.25) is 4.79 Å². The molecule has 20 heavy (non-hydrogen) atoms. The Morgan fingerprint density at radius 3 is 2.45 bits per heavy atom. The summed E-state index contributed by atoms with van der Waals surface area (Å²) in [7, 11) is 1.83. The van der Waals surface area contributed by atoms with Crippen LogP contribution in [-0.4, -0.2) is 17.9 Å². The molecule has 1 saturated carbocycles. The lowest BCUT2D eigenvalue weighted by Gasteiger charge is -2.18. The first-order valence-electron chi connectivity index (χ1n) is 7.24. The molecule has 0 saturated heterocycles. The maximum Gasteiger partial charge on any atom is 0.226 e. The predicted octanol–water partition coefficient (Wildman–Crippen LogP) is 3.25. The van der Waals surface area contributed by atoms with E-state index in [1.165, 1.54) is 25.7 Å². The molecule has 0 aliphatic heterocycles. The van der Waals surface area contributed by atoms with Crippen molar-refractivity contribution >= 4 is 28.8 Å². The van der Waals surface area contributed by atoms with E-state index in [1.54, 1.807) is 4.90 Å². The second kappa shape index (κ2) is 6.84. The van der Waals surface area contributed by atoms with E-state index < -0.39 is 0 Å². The molecule has 0 unspecified atom stereocenters. The zero-order chi connectivity index (χ0) is 14.5. The maximum atomic E-state index is 12.2. The third-order valence-electron chi connectivity index (χ3n) is 4.15. The van der Waals surface area contributed by atoms with Crippen LogP contribution in [0.4, 0.5) is 5.69 Å². The molecule has 2 rings (SSSR count). The molecule has 0 heterocycles. The van der Waals surface area contributed by atoms with Crippen LogP contribution in [0.1, 0.15) is 44.1 Å². The van der Waals surface area contributed by atoms with Crippen LogP contribution >= 0.6 is 12.2 Å². The molecule has 0 spiro atoms. The zero-order valence-corrected chi connectivity index (χ0v) is 12.8. The third kappa shape index (κ3) is 3.79. The Kier molecular flexibility index (Phi) is 5.12. The number of carbonyl (C=O) groups is 1. The molecule has 0 bridgehead atoms. The largest absolute Gasteiger partial charge is 0.389 e. The van der Waals surface area contributed by atoms with Gasteiger partial charge in [0.25, 0.3) is 0 Å². The number of hydrogen-bond donors (Lipinski definition) is 1. The van der Waals surface area contributed by atoms with Gasteiger partial charge in [-0.25, -0.2) is 0 Å². The van der Waals surface area contributed by atoms with Crippen molar-refractivity contribution in [1.29, 1.82) is 0 Å². The third-order valence-corrected chi connectivity index (χ3v) is 4.39. The summed E-state index contributed by atoms with van der Waals surface area (Å²) in [5, 5.41) is 0. The van der Waals surface area contributed by atoms with Crippen LogP contribution in [0.25, 0.3) is 0 Å². The van der Waals surface area contributed by atoms with Crippen molar-refractivity contribution in [1.82, 2.24) is 0 Å². The first-order valence-corrected chi connectivity index (χ1v) is 7.65. The van der Waals surface area contributed by atoms with Gasteiger partial charge in [-0.05, 0) is 36.6 Å². The minimum absolute atomic E-state index is 0.181. The molecule has 1 aliphatic rings. The Hall–Kier alpha value is -1.42. The van der Waals surface area contributed by atoms with Crippen LogP contribution in [-0.2, 0) is 4.79 Å². The molecule has 108 valence electrons. The summed E-state index contributed by atoms with van der Waals surface area (Å²) in [6.45, 7) is 0. The minimum Gasteiger partial charge on any atom is -0.389 e. The topological polar surface area (TPSA) is 46.3 Å². The Morgan fingerprint density at radius 2 is 1.90 bits per heavy atom. The summed E-state index contributed by atoms with van der Waals surface area (Å²) in [4.78, 5) is 14.3. The highest BCUT2D eigenvalue weighted by atomic mass is 32.1. The average Bonchev–Trinajstić information content (AvgIpc) is 2.97. The van der Waals surface area contributed by atoms with Crippen molar-refractivity contribution < 1.29 is 4.79 Å². The molecule has 0 aromatic heterocycles. The Balaban J connectivity index is 1.90. The zero-order valence-electron chi connectivity index (χ0n) is 12.0. The fourth-order valence-corrected chi connectivity index (χ4v) is 2.92. The molecule has 0 atom stereocenters. The number of benzene rings is 1. The number of hydrogen-bond acceptors (Lipinski definition) is 2. The molecule has 3 nitrogen and oxygen atoms in total. The quantitative estimate of drug-likeness (QED) is 0.847. The summed E-state index contributed by atoms with van der Waals surface area (Å²) in [5.41, 5.74) is 7.29. The molecule has 1 aliphatic carbocycles. The smallest absolute Gasteiger partial charge is 0.226 e. The van der Waals surface area contributed by atoms with E-state index in [0.717, 1.165) is 23.6 Å². The summed E-state index contributed by atoms with van der Waals surface area (Å²) in [5.74, 6) is 0.935. The van der Waals surface area contributed by atoms with Crippen LogP contribution < -0.4 is 10.6 Å². The lowest BCUT2D eigenvalue weighted by molar-refractivity contribution is -0.118.